The lowest BCUT2D eigenvalue weighted by Gasteiger charge is -2.26. The summed E-state index contributed by atoms with van der Waals surface area (Å²) in [5.74, 6) is -0.554. The zero-order valence-corrected chi connectivity index (χ0v) is 22.4. The third kappa shape index (κ3) is 5.24. The van der Waals surface area contributed by atoms with E-state index in [0.717, 1.165) is 64.4 Å². The van der Waals surface area contributed by atoms with E-state index in [1.54, 1.807) is 12.1 Å². The number of unbranched alkanes of at least 4 members (excludes halogenated alkanes) is 1. The highest BCUT2D eigenvalue weighted by atomic mass is 32.2. The Morgan fingerprint density at radius 3 is 2.51 bits per heavy atom. The fourth-order valence-corrected chi connectivity index (χ4v) is 5.58. The van der Waals surface area contributed by atoms with Crippen molar-refractivity contribution in [1.29, 1.82) is 0 Å². The Morgan fingerprint density at radius 1 is 1.11 bits per heavy atom. The van der Waals surface area contributed by atoms with Crippen LogP contribution >= 0.6 is 0 Å². The Kier molecular flexibility index (Phi) is 7.26. The average molecular weight is 515 g/mol. The third-order valence-electron chi connectivity index (χ3n) is 7.08. The maximum atomic E-state index is 12.7. The summed E-state index contributed by atoms with van der Waals surface area (Å²) < 4.78 is 27.3. The number of pyridine rings is 1. The molecule has 1 aliphatic rings. The van der Waals surface area contributed by atoms with Crippen LogP contribution in [0.25, 0.3) is 22.2 Å². The number of nitrogens with zero attached hydrogens (tertiary/aromatic N) is 3. The van der Waals surface area contributed by atoms with E-state index in [0.29, 0.717) is 12.2 Å². The van der Waals surface area contributed by atoms with Gasteiger partial charge in [-0.05, 0) is 74.4 Å². The zero-order valence-electron chi connectivity index (χ0n) is 21.6. The van der Waals surface area contributed by atoms with Crippen LogP contribution in [0.15, 0.2) is 60.7 Å². The lowest BCUT2D eigenvalue weighted by molar-refractivity contribution is -0.118. The highest BCUT2D eigenvalue weighted by molar-refractivity contribution is 7.81. The van der Waals surface area contributed by atoms with Crippen molar-refractivity contribution in [1.82, 2.24) is 9.55 Å². The van der Waals surface area contributed by atoms with Gasteiger partial charge in [-0.1, -0.05) is 55.8 Å². The van der Waals surface area contributed by atoms with Gasteiger partial charge in [0.1, 0.15) is 5.65 Å². The van der Waals surface area contributed by atoms with Gasteiger partial charge in [0.05, 0.1) is 17.0 Å². The molecule has 4 aromatic rings. The standard InChI is InChI=1S/C30H33N3O3S/c1-4-5-8-25-18-27-20(2)17-21(3)31-29(27)32(25)19-22-11-13-23(14-12-22)26-9-6-7-10-28(26)33(37(35)36)30(34)24-15-16-24/h6-7,9-14,17-18,24H,4-5,8,15-16,19H2,1-3H3,(H,35,36)/p-1. The second kappa shape index (κ2) is 10.6. The Labute approximate surface area is 220 Å². The maximum Gasteiger partial charge on any atom is 0.241 e. The second-order valence-electron chi connectivity index (χ2n) is 9.98. The van der Waals surface area contributed by atoms with E-state index in [-0.39, 0.29) is 11.8 Å². The van der Waals surface area contributed by atoms with Crippen LogP contribution in [0.5, 0.6) is 0 Å². The molecule has 192 valence electrons. The summed E-state index contributed by atoms with van der Waals surface area (Å²) in [6, 6.07) is 19.8. The lowest BCUT2D eigenvalue weighted by Crippen LogP contribution is -2.34. The molecular formula is C30H32N3O3S-. The molecule has 6 nitrogen and oxygen atoms in total. The van der Waals surface area contributed by atoms with Crippen molar-refractivity contribution in [3.8, 4) is 11.1 Å². The molecule has 1 saturated carbocycles. The van der Waals surface area contributed by atoms with Crippen LogP contribution in [-0.4, -0.2) is 24.2 Å². The normalized spacial score (nSPS) is 14.2. The van der Waals surface area contributed by atoms with Gasteiger partial charge in [-0.2, -0.15) is 0 Å². The van der Waals surface area contributed by atoms with Crippen LogP contribution in [0.2, 0.25) is 0 Å². The largest absolute Gasteiger partial charge is 0.755 e. The Bertz CT molecular complexity index is 1470. The van der Waals surface area contributed by atoms with Crippen molar-refractivity contribution in [2.75, 3.05) is 4.31 Å². The van der Waals surface area contributed by atoms with E-state index in [4.69, 9.17) is 4.98 Å². The molecule has 2 heterocycles. The summed E-state index contributed by atoms with van der Waals surface area (Å²) in [6.45, 7) is 7.09. The summed E-state index contributed by atoms with van der Waals surface area (Å²) in [5, 5.41) is 1.20. The maximum absolute atomic E-state index is 12.7. The number of fused-ring (bicyclic) bond motifs is 1. The average Bonchev–Trinajstić information content (AvgIpc) is 3.67. The molecule has 1 aliphatic carbocycles. The summed E-state index contributed by atoms with van der Waals surface area (Å²) in [5.41, 5.74) is 7.68. The molecule has 2 aromatic carbocycles. The van der Waals surface area contributed by atoms with Crippen LogP contribution in [-0.2, 0) is 29.0 Å². The molecule has 1 fully saturated rings. The van der Waals surface area contributed by atoms with Gasteiger partial charge < -0.3 is 9.12 Å². The number of para-hydroxylation sites is 1. The minimum Gasteiger partial charge on any atom is -0.755 e. The lowest BCUT2D eigenvalue weighted by atomic mass is 10.0. The molecule has 5 rings (SSSR count). The molecular weight excluding hydrogens is 482 g/mol. The van der Waals surface area contributed by atoms with Gasteiger partial charge in [-0.3, -0.25) is 9.00 Å². The number of hydrogen-bond acceptors (Lipinski definition) is 4. The van der Waals surface area contributed by atoms with Gasteiger partial charge in [-0.15, -0.1) is 0 Å². The van der Waals surface area contributed by atoms with E-state index >= 15 is 0 Å². The quantitative estimate of drug-likeness (QED) is 0.247. The molecule has 0 radical (unpaired) electrons. The van der Waals surface area contributed by atoms with Crippen LogP contribution < -0.4 is 4.31 Å². The fourth-order valence-electron chi connectivity index (χ4n) is 4.97. The van der Waals surface area contributed by atoms with E-state index in [2.05, 4.69) is 42.7 Å². The van der Waals surface area contributed by atoms with Crippen molar-refractivity contribution in [2.45, 2.75) is 59.4 Å². The van der Waals surface area contributed by atoms with E-state index in [1.807, 2.05) is 31.2 Å². The van der Waals surface area contributed by atoms with Gasteiger partial charge in [0.2, 0.25) is 5.91 Å². The molecule has 0 spiro atoms. The van der Waals surface area contributed by atoms with Gasteiger partial charge >= 0.3 is 0 Å². The van der Waals surface area contributed by atoms with E-state index in [9.17, 15) is 13.6 Å². The molecule has 1 atom stereocenters. The van der Waals surface area contributed by atoms with Crippen molar-refractivity contribution in [3.05, 3.63) is 83.2 Å². The van der Waals surface area contributed by atoms with E-state index in [1.165, 1.54) is 16.6 Å². The smallest absolute Gasteiger partial charge is 0.241 e. The van der Waals surface area contributed by atoms with Crippen molar-refractivity contribution in [3.63, 3.8) is 0 Å². The monoisotopic (exact) mass is 514 g/mol. The Balaban J connectivity index is 1.48. The molecule has 0 saturated heterocycles. The molecule has 0 N–H and O–H groups in total. The Hall–Kier alpha value is -3.29. The second-order valence-corrected chi connectivity index (χ2v) is 10.8. The predicted molar refractivity (Wildman–Crippen MR) is 148 cm³/mol. The first-order valence-electron chi connectivity index (χ1n) is 13.0. The van der Waals surface area contributed by atoms with Gasteiger partial charge in [0, 0.05) is 34.8 Å². The molecule has 37 heavy (non-hydrogen) atoms. The molecule has 7 heteroatoms. The van der Waals surface area contributed by atoms with Crippen molar-refractivity contribution in [2.24, 2.45) is 5.92 Å². The number of carbonyl (C=O) groups is 1. The summed E-state index contributed by atoms with van der Waals surface area (Å²) in [6.07, 6.45) is 4.75. The minimum absolute atomic E-state index is 0.201. The number of amides is 1. The topological polar surface area (TPSA) is 78.3 Å². The first-order valence-corrected chi connectivity index (χ1v) is 14.0. The van der Waals surface area contributed by atoms with Crippen molar-refractivity contribution < 1.29 is 13.6 Å². The van der Waals surface area contributed by atoms with Gasteiger partial charge in [0.25, 0.3) is 0 Å². The van der Waals surface area contributed by atoms with E-state index < -0.39 is 11.3 Å². The molecule has 1 amide bonds. The first-order chi connectivity index (χ1) is 17.9. The molecule has 1 unspecified atom stereocenters. The predicted octanol–water partition coefficient (Wildman–Crippen LogP) is 6.25. The molecule has 0 bridgehead atoms. The molecule has 0 aliphatic heterocycles. The highest BCUT2D eigenvalue weighted by Gasteiger charge is 2.35. The third-order valence-corrected chi connectivity index (χ3v) is 7.75. The highest BCUT2D eigenvalue weighted by Crippen LogP contribution is 2.37. The van der Waals surface area contributed by atoms with Crippen LogP contribution in [0.3, 0.4) is 0 Å². The molecule has 2 aromatic heterocycles. The number of rotatable bonds is 9. The van der Waals surface area contributed by atoms with Crippen molar-refractivity contribution >= 4 is 33.9 Å². The van der Waals surface area contributed by atoms with Crippen LogP contribution in [0.1, 0.15) is 55.1 Å². The van der Waals surface area contributed by atoms with Gasteiger partial charge in [-0.25, -0.2) is 9.29 Å². The minimum atomic E-state index is -2.68. The number of hydrogen-bond donors (Lipinski definition) is 0. The SMILES string of the molecule is CCCCc1cc2c(C)cc(C)nc2n1Cc1ccc(-c2ccccc2N(C(=O)C2CC2)S(=O)[O-])cc1. The number of benzene rings is 2. The number of aromatic nitrogens is 2. The van der Waals surface area contributed by atoms with Crippen LogP contribution in [0, 0.1) is 19.8 Å². The zero-order chi connectivity index (χ0) is 26.1. The summed E-state index contributed by atoms with van der Waals surface area (Å²) in [4.78, 5) is 17.6. The van der Waals surface area contributed by atoms with Gasteiger partial charge in [0.15, 0.2) is 0 Å². The number of carbonyl (C=O) groups excluding carboxylic acids is 1. The number of aryl methyl sites for hydroxylation is 3. The summed E-state index contributed by atoms with van der Waals surface area (Å²) in [7, 11) is 0. The Morgan fingerprint density at radius 2 is 1.84 bits per heavy atom. The first kappa shape index (κ1) is 25.4. The summed E-state index contributed by atoms with van der Waals surface area (Å²) >= 11 is -2.68. The van der Waals surface area contributed by atoms with Crippen LogP contribution in [0.4, 0.5) is 5.69 Å². The number of anilines is 1. The fraction of sp³-hybridized carbons (Fsp3) is 0.333.